The maximum Gasteiger partial charge on any atom is 0.261 e. The summed E-state index contributed by atoms with van der Waals surface area (Å²) in [6.45, 7) is 2.21. The van der Waals surface area contributed by atoms with Crippen LogP contribution in [0, 0.1) is 6.92 Å². The van der Waals surface area contributed by atoms with Gasteiger partial charge >= 0.3 is 0 Å². The van der Waals surface area contributed by atoms with Crippen LogP contribution in [0.25, 0.3) is 0 Å². The molecule has 1 atom stereocenters. The van der Waals surface area contributed by atoms with Crippen molar-refractivity contribution in [3.63, 3.8) is 0 Å². The van der Waals surface area contributed by atoms with Gasteiger partial charge in [-0.05, 0) is 31.9 Å². The van der Waals surface area contributed by atoms with Crippen LogP contribution in [-0.2, 0) is 11.8 Å². The zero-order valence-corrected chi connectivity index (χ0v) is 14.7. The minimum Gasteiger partial charge on any atom is -0.476 e. The van der Waals surface area contributed by atoms with E-state index in [-0.39, 0.29) is 29.7 Å². The zero-order chi connectivity index (χ0) is 17.8. The molecule has 1 saturated heterocycles. The SMILES string of the molecule is Cc1occc(=O)c1OCC(=O)N1CCCCCC1c1cccn1C. The normalized spacial score (nSPS) is 18.0. The highest BCUT2D eigenvalue weighted by atomic mass is 16.5. The number of ether oxygens (including phenoxy) is 1. The quantitative estimate of drug-likeness (QED) is 0.855. The molecule has 0 saturated carbocycles. The fourth-order valence-corrected chi connectivity index (χ4v) is 3.42. The second kappa shape index (κ2) is 7.59. The molecule has 1 fully saturated rings. The molecule has 1 amide bonds. The highest BCUT2D eigenvalue weighted by Crippen LogP contribution is 2.30. The van der Waals surface area contributed by atoms with Gasteiger partial charge in [0.1, 0.15) is 5.76 Å². The molecule has 3 heterocycles. The second-order valence-corrected chi connectivity index (χ2v) is 6.46. The molecule has 6 nitrogen and oxygen atoms in total. The summed E-state index contributed by atoms with van der Waals surface area (Å²) in [6, 6.07) is 5.41. The van der Waals surface area contributed by atoms with E-state index in [4.69, 9.17) is 9.15 Å². The van der Waals surface area contributed by atoms with Gasteiger partial charge in [-0.1, -0.05) is 12.8 Å². The summed E-state index contributed by atoms with van der Waals surface area (Å²) in [6.07, 6.45) is 7.47. The van der Waals surface area contributed by atoms with Gasteiger partial charge in [-0.2, -0.15) is 0 Å². The molecule has 2 aromatic rings. The van der Waals surface area contributed by atoms with Gasteiger partial charge in [0.25, 0.3) is 5.91 Å². The van der Waals surface area contributed by atoms with E-state index in [1.165, 1.54) is 12.3 Å². The molecule has 0 aliphatic carbocycles. The number of hydrogen-bond donors (Lipinski definition) is 0. The molecule has 1 aliphatic rings. The number of rotatable bonds is 4. The summed E-state index contributed by atoms with van der Waals surface area (Å²) in [5.41, 5.74) is 0.858. The van der Waals surface area contributed by atoms with Crippen molar-refractivity contribution in [2.24, 2.45) is 7.05 Å². The molecule has 134 valence electrons. The predicted octanol–water partition coefficient (Wildman–Crippen LogP) is 2.81. The minimum absolute atomic E-state index is 0.0480. The fourth-order valence-electron chi connectivity index (χ4n) is 3.42. The van der Waals surface area contributed by atoms with Crippen LogP contribution < -0.4 is 10.2 Å². The molecule has 0 spiro atoms. The molecular formula is C19H24N2O4. The first kappa shape index (κ1) is 17.3. The summed E-state index contributed by atoms with van der Waals surface area (Å²) in [7, 11) is 2.00. The Hall–Kier alpha value is -2.50. The maximum absolute atomic E-state index is 12.8. The molecule has 2 aromatic heterocycles. The largest absolute Gasteiger partial charge is 0.476 e. The number of carbonyl (C=O) groups is 1. The number of hydrogen-bond acceptors (Lipinski definition) is 4. The Labute approximate surface area is 147 Å². The van der Waals surface area contributed by atoms with Gasteiger partial charge < -0.3 is 18.6 Å². The van der Waals surface area contributed by atoms with Crippen LogP contribution in [0.15, 0.2) is 39.9 Å². The van der Waals surface area contributed by atoms with Crippen molar-refractivity contribution in [1.82, 2.24) is 9.47 Å². The van der Waals surface area contributed by atoms with Crippen molar-refractivity contribution < 1.29 is 13.9 Å². The van der Waals surface area contributed by atoms with Crippen molar-refractivity contribution >= 4 is 5.91 Å². The number of amides is 1. The number of aromatic nitrogens is 1. The summed E-state index contributed by atoms with van der Waals surface area (Å²) >= 11 is 0. The van der Waals surface area contributed by atoms with Crippen molar-refractivity contribution in [2.75, 3.05) is 13.2 Å². The zero-order valence-electron chi connectivity index (χ0n) is 14.7. The van der Waals surface area contributed by atoms with Gasteiger partial charge in [-0.15, -0.1) is 0 Å². The average molecular weight is 344 g/mol. The topological polar surface area (TPSA) is 64.7 Å². The Bertz CT molecular complexity index is 793. The first-order valence-electron chi connectivity index (χ1n) is 8.70. The number of aryl methyl sites for hydroxylation is 2. The standard InChI is InChI=1S/C19H24N2O4/c1-14-19(17(22)9-12-24-14)25-13-18(23)21-11-5-3-4-7-16(21)15-8-6-10-20(15)2/h6,8-10,12,16H,3-5,7,11,13H2,1-2H3. The van der Waals surface area contributed by atoms with E-state index in [1.807, 2.05) is 24.2 Å². The molecule has 3 rings (SSSR count). The third-order valence-corrected chi connectivity index (χ3v) is 4.75. The maximum atomic E-state index is 12.8. The van der Waals surface area contributed by atoms with Gasteiger partial charge in [0, 0.05) is 31.5 Å². The molecule has 0 bridgehead atoms. The highest BCUT2D eigenvalue weighted by Gasteiger charge is 2.28. The van der Waals surface area contributed by atoms with Gasteiger partial charge in [-0.25, -0.2) is 0 Å². The fraction of sp³-hybridized carbons (Fsp3) is 0.474. The lowest BCUT2D eigenvalue weighted by Gasteiger charge is -2.30. The van der Waals surface area contributed by atoms with Gasteiger partial charge in [-0.3, -0.25) is 9.59 Å². The van der Waals surface area contributed by atoms with Gasteiger partial charge in [0.2, 0.25) is 11.2 Å². The summed E-state index contributed by atoms with van der Waals surface area (Å²) in [5.74, 6) is 0.395. The van der Waals surface area contributed by atoms with Gasteiger partial charge in [0.15, 0.2) is 6.61 Å². The molecule has 0 aromatic carbocycles. The highest BCUT2D eigenvalue weighted by molar-refractivity contribution is 5.78. The molecule has 0 radical (unpaired) electrons. The molecule has 6 heteroatoms. The summed E-state index contributed by atoms with van der Waals surface area (Å²) in [4.78, 5) is 26.6. The van der Waals surface area contributed by atoms with Crippen LogP contribution in [0.3, 0.4) is 0 Å². The lowest BCUT2D eigenvalue weighted by Crippen LogP contribution is -2.39. The second-order valence-electron chi connectivity index (χ2n) is 6.46. The van der Waals surface area contributed by atoms with Crippen LogP contribution in [0.1, 0.15) is 43.2 Å². The van der Waals surface area contributed by atoms with Crippen LogP contribution in [-0.4, -0.2) is 28.5 Å². The Kier molecular flexibility index (Phi) is 5.26. The Morgan fingerprint density at radius 2 is 2.16 bits per heavy atom. The van der Waals surface area contributed by atoms with Gasteiger partial charge in [0.05, 0.1) is 12.3 Å². The number of likely N-dealkylation sites (tertiary alicyclic amines) is 1. The first-order valence-corrected chi connectivity index (χ1v) is 8.70. The van der Waals surface area contributed by atoms with Crippen molar-refractivity contribution in [3.8, 4) is 5.75 Å². The number of carbonyl (C=O) groups excluding carboxylic acids is 1. The molecule has 1 unspecified atom stereocenters. The van der Waals surface area contributed by atoms with E-state index in [0.29, 0.717) is 12.3 Å². The predicted molar refractivity (Wildman–Crippen MR) is 93.5 cm³/mol. The van der Waals surface area contributed by atoms with Crippen LogP contribution in [0.2, 0.25) is 0 Å². The third-order valence-electron chi connectivity index (χ3n) is 4.75. The van der Waals surface area contributed by atoms with Crippen molar-refractivity contribution in [2.45, 2.75) is 38.6 Å². The minimum atomic E-state index is -0.272. The summed E-state index contributed by atoms with van der Waals surface area (Å²) in [5, 5.41) is 0. The van der Waals surface area contributed by atoms with Crippen molar-refractivity contribution in [3.05, 3.63) is 52.3 Å². The first-order chi connectivity index (χ1) is 12.1. The molecule has 0 N–H and O–H groups in total. The Morgan fingerprint density at radius 3 is 2.88 bits per heavy atom. The van der Waals surface area contributed by atoms with E-state index < -0.39 is 0 Å². The average Bonchev–Trinajstić information content (AvgIpc) is 2.86. The van der Waals surface area contributed by atoms with E-state index in [9.17, 15) is 9.59 Å². The molecular weight excluding hydrogens is 320 g/mol. The van der Waals surface area contributed by atoms with Crippen molar-refractivity contribution in [1.29, 1.82) is 0 Å². The number of nitrogens with zero attached hydrogens (tertiary/aromatic N) is 2. The summed E-state index contributed by atoms with van der Waals surface area (Å²) < 4.78 is 12.8. The van der Waals surface area contributed by atoms with E-state index in [0.717, 1.165) is 31.4 Å². The molecule has 1 aliphatic heterocycles. The van der Waals surface area contributed by atoms with Crippen LogP contribution >= 0.6 is 0 Å². The molecule has 25 heavy (non-hydrogen) atoms. The lowest BCUT2D eigenvalue weighted by molar-refractivity contribution is -0.136. The van der Waals surface area contributed by atoms with E-state index >= 15 is 0 Å². The van der Waals surface area contributed by atoms with Crippen LogP contribution in [0.4, 0.5) is 0 Å². The van der Waals surface area contributed by atoms with Crippen LogP contribution in [0.5, 0.6) is 5.75 Å². The third kappa shape index (κ3) is 3.78. The van der Waals surface area contributed by atoms with E-state index in [1.54, 1.807) is 6.92 Å². The monoisotopic (exact) mass is 344 g/mol. The Balaban J connectivity index is 1.76. The lowest BCUT2D eigenvalue weighted by atomic mass is 10.1. The van der Waals surface area contributed by atoms with E-state index in [2.05, 4.69) is 10.6 Å². The Morgan fingerprint density at radius 1 is 1.32 bits per heavy atom. The smallest absolute Gasteiger partial charge is 0.261 e.